The lowest BCUT2D eigenvalue weighted by atomic mass is 9.89. The minimum Gasteiger partial charge on any atom is -0.370 e. The molecule has 6 nitrogen and oxygen atoms in total. The zero-order valence-corrected chi connectivity index (χ0v) is 20.0. The van der Waals surface area contributed by atoms with E-state index in [9.17, 15) is 17.6 Å². The Labute approximate surface area is 204 Å². The number of hydrogen-bond donors (Lipinski definition) is 1. The maximum Gasteiger partial charge on any atom is 0.268 e. The Morgan fingerprint density at radius 1 is 0.886 bits per heavy atom. The maximum atomic E-state index is 13.6. The molecule has 1 fully saturated rings. The Bertz CT molecular complexity index is 1460. The normalized spacial score (nSPS) is 14.3. The van der Waals surface area contributed by atoms with Crippen LogP contribution < -0.4 is 10.2 Å². The third-order valence-electron chi connectivity index (χ3n) is 6.39. The number of nitrogens with one attached hydrogen (secondary N) is 1. The molecule has 35 heavy (non-hydrogen) atoms. The third-order valence-corrected chi connectivity index (χ3v) is 8.08. The van der Waals surface area contributed by atoms with E-state index in [-0.39, 0.29) is 23.2 Å². The van der Waals surface area contributed by atoms with Gasteiger partial charge in [-0.15, -0.1) is 0 Å². The number of fused-ring (bicyclic) bond motifs is 1. The first-order valence-electron chi connectivity index (χ1n) is 11.7. The summed E-state index contributed by atoms with van der Waals surface area (Å²) in [6, 6.07) is 19.3. The lowest BCUT2D eigenvalue weighted by Gasteiger charge is -2.28. The van der Waals surface area contributed by atoms with E-state index in [1.54, 1.807) is 18.3 Å². The van der Waals surface area contributed by atoms with E-state index in [4.69, 9.17) is 0 Å². The highest BCUT2D eigenvalue weighted by Gasteiger charge is 2.24. The molecule has 0 atom stereocenters. The Hall–Kier alpha value is -3.65. The minimum absolute atomic E-state index is 0.110. The zero-order valence-electron chi connectivity index (χ0n) is 19.2. The average molecular weight is 491 g/mol. The van der Waals surface area contributed by atoms with Gasteiger partial charge in [-0.2, -0.15) is 0 Å². The minimum atomic E-state index is -3.86. The number of piperidine rings is 1. The topological polar surface area (TPSA) is 71.4 Å². The van der Waals surface area contributed by atoms with E-state index in [0.29, 0.717) is 11.1 Å². The van der Waals surface area contributed by atoms with E-state index in [2.05, 4.69) is 10.2 Å². The van der Waals surface area contributed by atoms with Crippen molar-refractivity contribution in [3.05, 3.63) is 95.9 Å². The van der Waals surface area contributed by atoms with Crippen molar-refractivity contribution < 1.29 is 17.6 Å². The molecule has 0 radical (unpaired) electrons. The number of carbonyl (C=O) groups excluding carboxylic acids is 1. The summed E-state index contributed by atoms with van der Waals surface area (Å²) in [6.45, 7) is 2.07. The van der Waals surface area contributed by atoms with Crippen LogP contribution in [0.4, 0.5) is 10.1 Å². The lowest BCUT2D eigenvalue weighted by molar-refractivity contribution is 0.0951. The summed E-state index contributed by atoms with van der Waals surface area (Å²) in [7, 11) is -3.86. The number of benzene rings is 3. The molecular formula is C27H26FN3O3S. The maximum absolute atomic E-state index is 13.6. The van der Waals surface area contributed by atoms with Gasteiger partial charge in [0.25, 0.3) is 15.9 Å². The van der Waals surface area contributed by atoms with Crippen molar-refractivity contribution in [1.82, 2.24) is 9.29 Å². The van der Waals surface area contributed by atoms with Gasteiger partial charge in [-0.25, -0.2) is 16.8 Å². The van der Waals surface area contributed by atoms with Crippen LogP contribution in [-0.4, -0.2) is 31.4 Å². The van der Waals surface area contributed by atoms with Gasteiger partial charge < -0.3 is 10.2 Å². The largest absolute Gasteiger partial charge is 0.370 e. The molecule has 1 N–H and O–H groups in total. The zero-order chi connectivity index (χ0) is 24.4. The monoisotopic (exact) mass is 490 g/mol. The van der Waals surface area contributed by atoms with Crippen molar-refractivity contribution in [3.8, 4) is 0 Å². The molecule has 1 aromatic heterocycles. The van der Waals surface area contributed by atoms with Crippen molar-refractivity contribution >= 4 is 32.5 Å². The summed E-state index contributed by atoms with van der Waals surface area (Å²) in [5, 5.41) is 3.68. The molecule has 0 spiro atoms. The van der Waals surface area contributed by atoms with Gasteiger partial charge in [0.1, 0.15) is 5.82 Å². The van der Waals surface area contributed by atoms with E-state index >= 15 is 0 Å². The summed E-state index contributed by atoms with van der Waals surface area (Å²) in [4.78, 5) is 14.9. The Kier molecular flexibility index (Phi) is 6.30. The first-order valence-corrected chi connectivity index (χ1v) is 13.1. The van der Waals surface area contributed by atoms with Gasteiger partial charge in [0, 0.05) is 36.8 Å². The molecule has 0 bridgehead atoms. The van der Waals surface area contributed by atoms with Crippen molar-refractivity contribution in [3.63, 3.8) is 0 Å². The van der Waals surface area contributed by atoms with Gasteiger partial charge in [0.2, 0.25) is 0 Å². The first-order chi connectivity index (χ1) is 16.9. The van der Waals surface area contributed by atoms with Crippen LogP contribution in [0.1, 0.15) is 35.2 Å². The van der Waals surface area contributed by atoms with Gasteiger partial charge in [-0.1, -0.05) is 30.3 Å². The standard InChI is InChI=1S/C27H26FN3O3S/c28-22-12-8-20(9-13-22)18-29-27(32)21-10-14-23(15-11-21)35(33,34)31-19-26(30-16-4-1-5-17-30)24-6-2-3-7-25(24)31/h2-3,6-15,19H,1,4-5,16-18H2,(H,29,32)/i27-1. The van der Waals surface area contributed by atoms with Gasteiger partial charge in [0.15, 0.2) is 0 Å². The highest BCUT2D eigenvalue weighted by Crippen LogP contribution is 2.33. The quantitative estimate of drug-likeness (QED) is 0.416. The van der Waals surface area contributed by atoms with E-state index in [1.807, 2.05) is 24.3 Å². The molecule has 0 saturated carbocycles. The van der Waals surface area contributed by atoms with Crippen molar-refractivity contribution in [2.24, 2.45) is 0 Å². The average Bonchev–Trinajstić information content (AvgIpc) is 3.29. The SMILES string of the molecule is O=[11C](NCc1ccc(F)cc1)c1ccc(S(=O)(=O)n2cc(N3CCCCC3)c3ccccc32)cc1. The fourth-order valence-corrected chi connectivity index (χ4v) is 5.86. The molecule has 1 amide bonds. The van der Waals surface area contributed by atoms with Crippen molar-refractivity contribution in [1.29, 1.82) is 0 Å². The number of aromatic nitrogens is 1. The molecule has 1 aliphatic rings. The highest BCUT2D eigenvalue weighted by atomic mass is 32.2. The number of para-hydroxylation sites is 1. The lowest BCUT2D eigenvalue weighted by Crippen LogP contribution is -2.29. The second-order valence-electron chi connectivity index (χ2n) is 8.71. The molecule has 1 aliphatic heterocycles. The number of hydrogen-bond acceptors (Lipinski definition) is 4. The fourth-order valence-electron chi connectivity index (χ4n) is 4.50. The van der Waals surface area contributed by atoms with Gasteiger partial charge in [-0.3, -0.25) is 4.79 Å². The van der Waals surface area contributed by atoms with Crippen LogP contribution in [0.15, 0.2) is 83.9 Å². The van der Waals surface area contributed by atoms with E-state index in [0.717, 1.165) is 42.6 Å². The van der Waals surface area contributed by atoms with Crippen LogP contribution in [0.2, 0.25) is 0 Å². The number of nitrogens with zero attached hydrogens (tertiary/aromatic N) is 2. The summed E-state index contributed by atoms with van der Waals surface area (Å²) in [5.74, 6) is -0.674. The molecule has 0 aliphatic carbocycles. The second kappa shape index (κ2) is 9.54. The van der Waals surface area contributed by atoms with Crippen LogP contribution in [0.25, 0.3) is 10.9 Å². The van der Waals surface area contributed by atoms with Gasteiger partial charge >= 0.3 is 0 Å². The van der Waals surface area contributed by atoms with Crippen LogP contribution in [0.5, 0.6) is 0 Å². The van der Waals surface area contributed by atoms with Crippen LogP contribution in [-0.2, 0) is 16.6 Å². The van der Waals surface area contributed by atoms with Crippen LogP contribution >= 0.6 is 0 Å². The summed E-state index contributed by atoms with van der Waals surface area (Å²) >= 11 is 0. The molecule has 2 heterocycles. The molecule has 0 unspecified atom stereocenters. The number of halogens is 1. The first kappa shape index (κ1) is 23.1. The molecule has 4 aromatic rings. The van der Waals surface area contributed by atoms with Crippen LogP contribution in [0, 0.1) is 5.82 Å². The number of carbonyl (C=O) groups is 1. The molecule has 1 saturated heterocycles. The van der Waals surface area contributed by atoms with E-state index < -0.39 is 10.0 Å². The Morgan fingerprint density at radius 2 is 1.57 bits per heavy atom. The molecule has 3 aromatic carbocycles. The predicted octanol–water partition coefficient (Wildman–Crippen LogP) is 4.94. The summed E-state index contributed by atoms with van der Waals surface area (Å²) < 4.78 is 41.5. The molecular weight excluding hydrogens is 464 g/mol. The van der Waals surface area contributed by atoms with Gasteiger partial charge in [0.05, 0.1) is 16.1 Å². The third kappa shape index (κ3) is 4.66. The molecule has 5 rings (SSSR count). The smallest absolute Gasteiger partial charge is 0.268 e. The number of anilines is 1. The van der Waals surface area contributed by atoms with Crippen molar-refractivity contribution in [2.45, 2.75) is 30.7 Å². The molecule has 180 valence electrons. The van der Waals surface area contributed by atoms with Crippen LogP contribution in [0.3, 0.4) is 0 Å². The number of amides is 1. The predicted molar refractivity (Wildman–Crippen MR) is 135 cm³/mol. The Morgan fingerprint density at radius 3 is 2.29 bits per heavy atom. The van der Waals surface area contributed by atoms with E-state index in [1.165, 1.54) is 46.8 Å². The molecule has 8 heteroatoms. The van der Waals surface area contributed by atoms with Crippen molar-refractivity contribution in [2.75, 3.05) is 18.0 Å². The van der Waals surface area contributed by atoms with Gasteiger partial charge in [-0.05, 0) is 67.3 Å². The fraction of sp³-hybridized carbons (Fsp3) is 0.222. The Balaban J connectivity index is 1.39. The summed E-state index contributed by atoms with van der Waals surface area (Å²) in [5.41, 5.74) is 2.68. The second-order valence-corrected chi connectivity index (χ2v) is 10.5. The number of rotatable bonds is 6. The summed E-state index contributed by atoms with van der Waals surface area (Å²) in [6.07, 6.45) is 5.10. The highest BCUT2D eigenvalue weighted by molar-refractivity contribution is 7.90.